The van der Waals surface area contributed by atoms with Gasteiger partial charge in [-0.2, -0.15) is 0 Å². The predicted molar refractivity (Wildman–Crippen MR) is 130 cm³/mol. The van der Waals surface area contributed by atoms with Gasteiger partial charge in [-0.25, -0.2) is 4.79 Å². The lowest BCUT2D eigenvalue weighted by Crippen LogP contribution is -2.44. The van der Waals surface area contributed by atoms with Crippen LogP contribution in [0.15, 0.2) is 48.5 Å². The maximum Gasteiger partial charge on any atom is 0.407 e. The van der Waals surface area contributed by atoms with Crippen molar-refractivity contribution in [1.82, 2.24) is 10.6 Å². The molecule has 4 N–H and O–H groups in total. The Morgan fingerprint density at radius 3 is 2.23 bits per heavy atom. The third-order valence-corrected chi connectivity index (χ3v) is 7.02. The molecule has 2 amide bonds. The number of aliphatic hydroxyl groups excluding tert-OH is 1. The maximum absolute atomic E-state index is 12.7. The number of aliphatic carboxylic acids is 1. The molecule has 186 valence electrons. The zero-order valence-corrected chi connectivity index (χ0v) is 19.6. The zero-order valence-electron chi connectivity index (χ0n) is 19.6. The van der Waals surface area contributed by atoms with E-state index >= 15 is 0 Å². The summed E-state index contributed by atoms with van der Waals surface area (Å²) in [7, 11) is 0. The quantitative estimate of drug-likeness (QED) is 0.437. The average molecular weight is 481 g/mol. The van der Waals surface area contributed by atoms with Crippen molar-refractivity contribution in [2.75, 3.05) is 19.7 Å². The van der Waals surface area contributed by atoms with Crippen molar-refractivity contribution in [2.24, 2.45) is 11.8 Å². The molecular weight excluding hydrogens is 448 g/mol. The van der Waals surface area contributed by atoms with Crippen LogP contribution in [0.2, 0.25) is 0 Å². The molecule has 2 aliphatic carbocycles. The van der Waals surface area contributed by atoms with E-state index in [4.69, 9.17) is 9.84 Å². The highest BCUT2D eigenvalue weighted by molar-refractivity contribution is 5.80. The molecule has 3 unspecified atom stereocenters. The summed E-state index contributed by atoms with van der Waals surface area (Å²) in [5.41, 5.74) is 4.63. The molecule has 0 spiro atoms. The number of fused-ring (bicyclic) bond motifs is 3. The molecule has 0 heterocycles. The van der Waals surface area contributed by atoms with E-state index in [-0.39, 0.29) is 36.8 Å². The lowest BCUT2D eigenvalue weighted by Gasteiger charge is -2.31. The zero-order chi connectivity index (χ0) is 24.8. The molecule has 1 fully saturated rings. The molecule has 4 rings (SSSR count). The molecule has 3 atom stereocenters. The van der Waals surface area contributed by atoms with Gasteiger partial charge in [0.15, 0.2) is 0 Å². The summed E-state index contributed by atoms with van der Waals surface area (Å²) in [6.45, 7) is 0.455. The van der Waals surface area contributed by atoms with Gasteiger partial charge >= 0.3 is 12.1 Å². The van der Waals surface area contributed by atoms with Crippen molar-refractivity contribution >= 4 is 18.0 Å². The highest BCUT2D eigenvalue weighted by Gasteiger charge is 2.32. The maximum atomic E-state index is 12.7. The third kappa shape index (κ3) is 6.00. The van der Waals surface area contributed by atoms with Gasteiger partial charge in [0, 0.05) is 24.9 Å². The third-order valence-electron chi connectivity index (χ3n) is 7.02. The van der Waals surface area contributed by atoms with Crippen molar-refractivity contribution < 1.29 is 29.3 Å². The second kappa shape index (κ2) is 11.4. The van der Waals surface area contributed by atoms with Gasteiger partial charge in [0.2, 0.25) is 5.91 Å². The van der Waals surface area contributed by atoms with E-state index in [1.54, 1.807) is 0 Å². The number of carboxylic acid groups (broad SMARTS) is 1. The number of aliphatic hydroxyl groups is 1. The van der Waals surface area contributed by atoms with E-state index in [9.17, 15) is 19.5 Å². The number of carbonyl (C=O) groups is 3. The molecule has 0 aromatic heterocycles. The number of carbonyl (C=O) groups excluding carboxylic acids is 2. The van der Waals surface area contributed by atoms with Crippen LogP contribution >= 0.6 is 0 Å². The minimum absolute atomic E-state index is 0.0152. The molecule has 35 heavy (non-hydrogen) atoms. The molecule has 2 aliphatic rings. The van der Waals surface area contributed by atoms with E-state index in [0.29, 0.717) is 13.0 Å². The summed E-state index contributed by atoms with van der Waals surface area (Å²) in [5.74, 6) is -1.68. The van der Waals surface area contributed by atoms with Crippen LogP contribution < -0.4 is 10.6 Å². The van der Waals surface area contributed by atoms with Crippen molar-refractivity contribution in [3.8, 4) is 11.1 Å². The van der Waals surface area contributed by atoms with Crippen LogP contribution in [0.3, 0.4) is 0 Å². The first kappa shape index (κ1) is 24.7. The van der Waals surface area contributed by atoms with Gasteiger partial charge in [-0.05, 0) is 41.0 Å². The fraction of sp³-hybridized carbons (Fsp3) is 0.444. The van der Waals surface area contributed by atoms with Crippen LogP contribution in [0, 0.1) is 11.8 Å². The van der Waals surface area contributed by atoms with Crippen LogP contribution in [0.1, 0.15) is 49.1 Å². The Labute approximate surface area is 204 Å². The largest absolute Gasteiger partial charge is 0.481 e. The first-order valence-corrected chi connectivity index (χ1v) is 12.2. The SMILES string of the molecule is O=C(O)CC(O)CNC(=O)C1CCCCC1CNC(=O)OCC1c2ccccc2-c2ccccc21. The molecular formula is C27H32N2O6. The Morgan fingerprint density at radius 2 is 1.57 bits per heavy atom. The van der Waals surface area contributed by atoms with Crippen LogP contribution in [0.4, 0.5) is 4.79 Å². The van der Waals surface area contributed by atoms with E-state index in [0.717, 1.165) is 30.4 Å². The van der Waals surface area contributed by atoms with E-state index in [2.05, 4.69) is 34.9 Å². The summed E-state index contributed by atoms with van der Waals surface area (Å²) >= 11 is 0. The summed E-state index contributed by atoms with van der Waals surface area (Å²) in [4.78, 5) is 35.9. The Hall–Kier alpha value is -3.39. The number of ether oxygens (including phenoxy) is 1. The number of alkyl carbamates (subject to hydrolysis) is 1. The van der Waals surface area contributed by atoms with Crippen molar-refractivity contribution in [3.05, 3.63) is 59.7 Å². The minimum Gasteiger partial charge on any atom is -0.481 e. The van der Waals surface area contributed by atoms with E-state index in [1.807, 2.05) is 24.3 Å². The second-order valence-electron chi connectivity index (χ2n) is 9.35. The Kier molecular flexibility index (Phi) is 8.02. The number of amides is 2. The fourth-order valence-corrected chi connectivity index (χ4v) is 5.28. The Bertz CT molecular complexity index is 1030. The van der Waals surface area contributed by atoms with Gasteiger partial charge in [0.05, 0.1) is 12.5 Å². The van der Waals surface area contributed by atoms with Crippen molar-refractivity contribution in [3.63, 3.8) is 0 Å². The van der Waals surface area contributed by atoms with Crippen LogP contribution in [-0.2, 0) is 14.3 Å². The Balaban J connectivity index is 1.28. The number of rotatable bonds is 9. The fourth-order valence-electron chi connectivity index (χ4n) is 5.28. The summed E-state index contributed by atoms with van der Waals surface area (Å²) < 4.78 is 5.60. The number of benzene rings is 2. The first-order chi connectivity index (χ1) is 16.9. The normalized spacial score (nSPS) is 19.8. The van der Waals surface area contributed by atoms with Crippen molar-refractivity contribution in [2.45, 2.75) is 44.1 Å². The van der Waals surface area contributed by atoms with Crippen LogP contribution in [0.5, 0.6) is 0 Å². The smallest absolute Gasteiger partial charge is 0.407 e. The molecule has 0 radical (unpaired) electrons. The van der Waals surface area contributed by atoms with Crippen molar-refractivity contribution in [1.29, 1.82) is 0 Å². The molecule has 8 heteroatoms. The van der Waals surface area contributed by atoms with Gasteiger partial charge in [0.1, 0.15) is 6.61 Å². The number of hydrogen-bond acceptors (Lipinski definition) is 5. The molecule has 2 aromatic rings. The van der Waals surface area contributed by atoms with E-state index < -0.39 is 24.6 Å². The summed E-state index contributed by atoms with van der Waals surface area (Å²) in [6, 6.07) is 16.3. The van der Waals surface area contributed by atoms with E-state index in [1.165, 1.54) is 11.1 Å². The number of hydrogen-bond donors (Lipinski definition) is 4. The standard InChI is InChI=1S/C27H32N2O6/c30-18(13-25(31)32)15-28-26(33)19-8-2-1-7-17(19)14-29-27(34)35-16-24-22-11-5-3-9-20(22)21-10-4-6-12-23(21)24/h3-6,9-12,17-19,24,30H,1-2,7-8,13-16H2,(H,28,33)(H,29,34)(H,31,32). The second-order valence-corrected chi connectivity index (χ2v) is 9.35. The minimum atomic E-state index is -1.13. The monoisotopic (exact) mass is 480 g/mol. The van der Waals surface area contributed by atoms with Gasteiger partial charge in [-0.1, -0.05) is 61.4 Å². The highest BCUT2D eigenvalue weighted by atomic mass is 16.5. The summed E-state index contributed by atoms with van der Waals surface area (Å²) in [6.07, 6.45) is 1.33. The number of carboxylic acids is 1. The van der Waals surface area contributed by atoms with Gasteiger partial charge in [-0.3, -0.25) is 9.59 Å². The molecule has 0 saturated heterocycles. The Morgan fingerprint density at radius 1 is 0.943 bits per heavy atom. The molecule has 0 bridgehead atoms. The van der Waals surface area contributed by atoms with Crippen LogP contribution in [0.25, 0.3) is 11.1 Å². The number of nitrogens with one attached hydrogen (secondary N) is 2. The predicted octanol–water partition coefficient (Wildman–Crippen LogP) is 3.28. The van der Waals surface area contributed by atoms with Crippen LogP contribution in [-0.4, -0.2) is 54.0 Å². The molecule has 2 aromatic carbocycles. The van der Waals surface area contributed by atoms with Gasteiger partial charge in [-0.15, -0.1) is 0 Å². The van der Waals surface area contributed by atoms with Gasteiger partial charge < -0.3 is 25.6 Å². The molecule has 1 saturated carbocycles. The topological polar surface area (TPSA) is 125 Å². The van der Waals surface area contributed by atoms with Gasteiger partial charge in [0.25, 0.3) is 0 Å². The molecule has 8 nitrogen and oxygen atoms in total. The molecule has 0 aliphatic heterocycles. The average Bonchev–Trinajstić information content (AvgIpc) is 3.18. The first-order valence-electron chi connectivity index (χ1n) is 12.2. The lowest BCUT2D eigenvalue weighted by molar-refractivity contribution is -0.139. The highest BCUT2D eigenvalue weighted by Crippen LogP contribution is 2.44. The lowest BCUT2D eigenvalue weighted by atomic mass is 9.78. The summed E-state index contributed by atoms with van der Waals surface area (Å²) in [5, 5.41) is 23.9.